The average Bonchev–Trinajstić information content (AvgIpc) is 3.32. The second-order valence-electron chi connectivity index (χ2n) is 8.70. The highest BCUT2D eigenvalue weighted by Crippen LogP contribution is 2.21. The normalized spacial score (nSPS) is 16.6. The lowest BCUT2D eigenvalue weighted by Crippen LogP contribution is -2.51. The van der Waals surface area contributed by atoms with Crippen molar-refractivity contribution >= 4 is 23.4 Å². The van der Waals surface area contributed by atoms with Gasteiger partial charge in [0, 0.05) is 56.9 Å². The van der Waals surface area contributed by atoms with Crippen molar-refractivity contribution in [3.8, 4) is 5.75 Å². The first-order valence-electron chi connectivity index (χ1n) is 11.8. The van der Waals surface area contributed by atoms with Crippen molar-refractivity contribution in [2.45, 2.75) is 19.3 Å². The number of nitrogens with zero attached hydrogens (tertiary/aromatic N) is 3. The minimum Gasteiger partial charge on any atom is -0.497 e. The Morgan fingerprint density at radius 1 is 0.941 bits per heavy atom. The van der Waals surface area contributed by atoms with Crippen LogP contribution in [0.5, 0.6) is 5.75 Å². The van der Waals surface area contributed by atoms with Gasteiger partial charge in [0.2, 0.25) is 11.8 Å². The maximum Gasteiger partial charge on any atom is 0.251 e. The molecule has 2 aromatic carbocycles. The highest BCUT2D eigenvalue weighted by molar-refractivity contribution is 5.98. The van der Waals surface area contributed by atoms with Crippen LogP contribution in [0.2, 0.25) is 0 Å². The zero-order chi connectivity index (χ0) is 23.9. The first-order chi connectivity index (χ1) is 16.5. The standard InChI is InChI=1S/C26H32N4O4/c1-34-23-10-4-20(5-11-23)12-14-28-15-17-29(18-16-28)25(32)19-27-26(33)21-6-8-22(9-7-21)30-13-2-3-24(30)31/h4-11H,2-3,12-19H2,1H3,(H,27,33). The molecule has 180 valence electrons. The summed E-state index contributed by atoms with van der Waals surface area (Å²) in [5.74, 6) is 0.621. The van der Waals surface area contributed by atoms with Crippen molar-refractivity contribution in [3.63, 3.8) is 0 Å². The predicted octanol–water partition coefficient (Wildman–Crippen LogP) is 1.94. The molecule has 1 N–H and O–H groups in total. The van der Waals surface area contributed by atoms with Gasteiger partial charge in [0.05, 0.1) is 13.7 Å². The molecule has 0 unspecified atom stereocenters. The molecule has 0 bridgehead atoms. The summed E-state index contributed by atoms with van der Waals surface area (Å²) in [5.41, 5.74) is 2.55. The van der Waals surface area contributed by atoms with Gasteiger partial charge in [-0.15, -0.1) is 0 Å². The molecule has 0 saturated carbocycles. The number of rotatable bonds is 8. The smallest absolute Gasteiger partial charge is 0.251 e. The molecule has 8 heteroatoms. The van der Waals surface area contributed by atoms with E-state index in [1.165, 1.54) is 5.56 Å². The number of carbonyl (C=O) groups is 3. The molecule has 2 aromatic rings. The molecular formula is C26H32N4O4. The van der Waals surface area contributed by atoms with Gasteiger partial charge in [-0.1, -0.05) is 12.1 Å². The highest BCUT2D eigenvalue weighted by atomic mass is 16.5. The first kappa shape index (κ1) is 23.8. The summed E-state index contributed by atoms with van der Waals surface area (Å²) in [6.07, 6.45) is 2.39. The maximum atomic E-state index is 12.6. The van der Waals surface area contributed by atoms with Gasteiger partial charge < -0.3 is 19.9 Å². The van der Waals surface area contributed by atoms with Crippen LogP contribution in [0, 0.1) is 0 Å². The molecule has 0 aliphatic carbocycles. The Hall–Kier alpha value is -3.39. The van der Waals surface area contributed by atoms with Crippen LogP contribution >= 0.6 is 0 Å². The van der Waals surface area contributed by atoms with E-state index in [0.717, 1.165) is 43.9 Å². The van der Waals surface area contributed by atoms with E-state index >= 15 is 0 Å². The van der Waals surface area contributed by atoms with Crippen LogP contribution < -0.4 is 15.0 Å². The van der Waals surface area contributed by atoms with Gasteiger partial charge in [-0.05, 0) is 54.8 Å². The monoisotopic (exact) mass is 464 g/mol. The van der Waals surface area contributed by atoms with Gasteiger partial charge in [-0.2, -0.15) is 0 Å². The molecule has 2 aliphatic rings. The van der Waals surface area contributed by atoms with Crippen LogP contribution in [0.15, 0.2) is 48.5 Å². The van der Waals surface area contributed by atoms with Gasteiger partial charge in [0.15, 0.2) is 0 Å². The number of carbonyl (C=O) groups excluding carboxylic acids is 3. The number of anilines is 1. The van der Waals surface area contributed by atoms with Crippen molar-refractivity contribution < 1.29 is 19.1 Å². The van der Waals surface area contributed by atoms with Crippen LogP contribution in [0.3, 0.4) is 0 Å². The fourth-order valence-electron chi connectivity index (χ4n) is 4.38. The number of piperazine rings is 1. The van der Waals surface area contributed by atoms with Crippen LogP contribution in [0.4, 0.5) is 5.69 Å². The summed E-state index contributed by atoms with van der Waals surface area (Å²) < 4.78 is 5.20. The van der Waals surface area contributed by atoms with Gasteiger partial charge in [-0.3, -0.25) is 19.3 Å². The summed E-state index contributed by atoms with van der Waals surface area (Å²) in [7, 11) is 1.66. The maximum absolute atomic E-state index is 12.6. The van der Waals surface area contributed by atoms with Crippen molar-refractivity contribution in [2.75, 3.05) is 57.8 Å². The van der Waals surface area contributed by atoms with Crippen LogP contribution in [-0.4, -0.2) is 80.4 Å². The lowest BCUT2D eigenvalue weighted by atomic mass is 10.1. The molecule has 0 aromatic heterocycles. The largest absolute Gasteiger partial charge is 0.497 e. The minimum absolute atomic E-state index is 0.0168. The topological polar surface area (TPSA) is 82.2 Å². The summed E-state index contributed by atoms with van der Waals surface area (Å²) in [4.78, 5) is 42.8. The quantitative estimate of drug-likeness (QED) is 0.646. The third-order valence-electron chi connectivity index (χ3n) is 6.52. The SMILES string of the molecule is COc1ccc(CCN2CCN(C(=O)CNC(=O)c3ccc(N4CCCC4=O)cc3)CC2)cc1. The fourth-order valence-corrected chi connectivity index (χ4v) is 4.38. The third-order valence-corrected chi connectivity index (χ3v) is 6.52. The van der Waals surface area contributed by atoms with E-state index in [-0.39, 0.29) is 24.3 Å². The summed E-state index contributed by atoms with van der Waals surface area (Å²) >= 11 is 0. The lowest BCUT2D eigenvalue weighted by Gasteiger charge is -2.34. The van der Waals surface area contributed by atoms with Gasteiger partial charge in [-0.25, -0.2) is 0 Å². The minimum atomic E-state index is -0.286. The van der Waals surface area contributed by atoms with Crippen molar-refractivity contribution in [1.82, 2.24) is 15.1 Å². The van der Waals surface area contributed by atoms with Crippen molar-refractivity contribution in [1.29, 1.82) is 0 Å². The zero-order valence-electron chi connectivity index (χ0n) is 19.7. The molecule has 0 radical (unpaired) electrons. The van der Waals surface area contributed by atoms with Gasteiger partial charge in [0.25, 0.3) is 5.91 Å². The number of hydrogen-bond donors (Lipinski definition) is 1. The summed E-state index contributed by atoms with van der Waals surface area (Å²) in [6, 6.07) is 15.1. The number of hydrogen-bond acceptors (Lipinski definition) is 5. The molecule has 3 amide bonds. The Bertz CT molecular complexity index is 998. The van der Waals surface area contributed by atoms with Gasteiger partial charge in [0.1, 0.15) is 5.75 Å². The predicted molar refractivity (Wildman–Crippen MR) is 130 cm³/mol. The molecule has 0 spiro atoms. The van der Waals surface area contributed by atoms with Crippen molar-refractivity contribution in [3.05, 3.63) is 59.7 Å². The molecule has 2 heterocycles. The molecule has 2 saturated heterocycles. The van der Waals surface area contributed by atoms with E-state index in [1.807, 2.05) is 17.0 Å². The Balaban J connectivity index is 1.17. The number of benzene rings is 2. The number of nitrogens with one attached hydrogen (secondary N) is 1. The Kier molecular flexibility index (Phi) is 7.80. The molecule has 8 nitrogen and oxygen atoms in total. The van der Waals surface area contributed by atoms with E-state index < -0.39 is 0 Å². The van der Waals surface area contributed by atoms with Crippen LogP contribution in [0.25, 0.3) is 0 Å². The second kappa shape index (κ2) is 11.2. The highest BCUT2D eigenvalue weighted by Gasteiger charge is 2.23. The Labute approximate surface area is 200 Å². The van der Waals surface area contributed by atoms with E-state index in [1.54, 1.807) is 36.3 Å². The van der Waals surface area contributed by atoms with Crippen molar-refractivity contribution in [2.24, 2.45) is 0 Å². The molecule has 34 heavy (non-hydrogen) atoms. The summed E-state index contributed by atoms with van der Waals surface area (Å²) in [6.45, 7) is 4.62. The van der Waals surface area contributed by atoms with E-state index in [0.29, 0.717) is 31.6 Å². The number of ether oxygens (including phenoxy) is 1. The van der Waals surface area contributed by atoms with Crippen LogP contribution in [-0.2, 0) is 16.0 Å². The molecular weight excluding hydrogens is 432 g/mol. The molecule has 0 atom stereocenters. The molecule has 4 rings (SSSR count). The lowest BCUT2D eigenvalue weighted by molar-refractivity contribution is -0.131. The average molecular weight is 465 g/mol. The van der Waals surface area contributed by atoms with E-state index in [4.69, 9.17) is 4.74 Å². The number of methoxy groups -OCH3 is 1. The van der Waals surface area contributed by atoms with Gasteiger partial charge >= 0.3 is 0 Å². The molecule has 2 aliphatic heterocycles. The second-order valence-corrected chi connectivity index (χ2v) is 8.70. The number of amides is 3. The van der Waals surface area contributed by atoms with E-state index in [9.17, 15) is 14.4 Å². The fraction of sp³-hybridized carbons (Fsp3) is 0.423. The third kappa shape index (κ3) is 5.94. The Morgan fingerprint density at radius 3 is 2.26 bits per heavy atom. The molecule has 2 fully saturated rings. The van der Waals surface area contributed by atoms with E-state index in [2.05, 4.69) is 22.3 Å². The summed E-state index contributed by atoms with van der Waals surface area (Å²) in [5, 5.41) is 2.73. The first-order valence-corrected chi connectivity index (χ1v) is 11.8. The van der Waals surface area contributed by atoms with Crippen LogP contribution in [0.1, 0.15) is 28.8 Å². The Morgan fingerprint density at radius 2 is 1.65 bits per heavy atom. The zero-order valence-corrected chi connectivity index (χ0v) is 19.7.